The van der Waals surface area contributed by atoms with Gasteiger partial charge in [-0.1, -0.05) is 11.6 Å². The third kappa shape index (κ3) is 2.33. The molecule has 2 N–H and O–H groups in total. The highest BCUT2D eigenvalue weighted by Crippen LogP contribution is 2.35. The first-order valence-electron chi connectivity index (χ1n) is 4.43. The third-order valence-electron chi connectivity index (χ3n) is 1.99. The molecule has 4 nitrogen and oxygen atoms in total. The zero-order chi connectivity index (χ0) is 12.6. The predicted molar refractivity (Wildman–Crippen MR) is 55.8 cm³/mol. The fraction of sp³-hybridized carbons (Fsp3) is 0.111. The molecule has 0 bridgehead atoms. The van der Waals surface area contributed by atoms with Crippen molar-refractivity contribution >= 4 is 17.4 Å². The fourth-order valence-electron chi connectivity index (χ4n) is 1.30. The van der Waals surface area contributed by atoms with Gasteiger partial charge in [0, 0.05) is 5.02 Å². The van der Waals surface area contributed by atoms with E-state index in [0.29, 0.717) is 0 Å². The molecule has 0 unspecified atom stereocenters. The summed E-state index contributed by atoms with van der Waals surface area (Å²) < 4.78 is 38.3. The van der Waals surface area contributed by atoms with Crippen LogP contribution in [0.15, 0.2) is 24.4 Å². The lowest BCUT2D eigenvalue weighted by Gasteiger charge is -2.11. The zero-order valence-electron chi connectivity index (χ0n) is 8.24. The second-order valence-electron chi connectivity index (χ2n) is 3.22. The third-order valence-corrected chi connectivity index (χ3v) is 2.22. The van der Waals surface area contributed by atoms with Crippen molar-refractivity contribution in [3.8, 4) is 5.69 Å². The van der Waals surface area contributed by atoms with Crippen molar-refractivity contribution in [1.29, 1.82) is 0 Å². The standard InChI is InChI=1S/C9H6ClF3N4/c10-5-1-2-7(6(3-5)9(11,12)13)17-15-4-8(14)16-17/h1-4H,(H2,14,16). The van der Waals surface area contributed by atoms with Crippen LogP contribution in [0.25, 0.3) is 5.69 Å². The van der Waals surface area contributed by atoms with E-state index < -0.39 is 11.7 Å². The van der Waals surface area contributed by atoms with Crippen molar-refractivity contribution in [3.05, 3.63) is 35.0 Å². The molecule has 1 aromatic heterocycles. The molecule has 0 aliphatic carbocycles. The first-order valence-corrected chi connectivity index (χ1v) is 4.80. The maximum absolute atomic E-state index is 12.8. The van der Waals surface area contributed by atoms with Crippen LogP contribution in [0.3, 0.4) is 0 Å². The van der Waals surface area contributed by atoms with Gasteiger partial charge in [-0.3, -0.25) is 0 Å². The highest BCUT2D eigenvalue weighted by molar-refractivity contribution is 6.30. The zero-order valence-corrected chi connectivity index (χ0v) is 9.00. The summed E-state index contributed by atoms with van der Waals surface area (Å²) in [5.74, 6) is 0.0353. The molecule has 0 saturated heterocycles. The largest absolute Gasteiger partial charge is 0.418 e. The number of nitrogen functional groups attached to an aromatic ring is 1. The van der Waals surface area contributed by atoms with E-state index in [2.05, 4.69) is 10.2 Å². The molecule has 0 radical (unpaired) electrons. The summed E-state index contributed by atoms with van der Waals surface area (Å²) in [7, 11) is 0. The average molecular weight is 263 g/mol. The van der Waals surface area contributed by atoms with E-state index in [9.17, 15) is 13.2 Å². The number of anilines is 1. The van der Waals surface area contributed by atoms with E-state index in [0.717, 1.165) is 17.1 Å². The van der Waals surface area contributed by atoms with Gasteiger partial charge in [-0.05, 0) is 18.2 Å². The highest BCUT2D eigenvalue weighted by Gasteiger charge is 2.34. The van der Waals surface area contributed by atoms with Gasteiger partial charge in [0.15, 0.2) is 5.82 Å². The van der Waals surface area contributed by atoms with E-state index in [1.54, 1.807) is 0 Å². The SMILES string of the molecule is Nc1cnn(-c2ccc(Cl)cc2C(F)(F)F)n1. The van der Waals surface area contributed by atoms with Gasteiger partial charge in [0.1, 0.15) is 0 Å². The van der Waals surface area contributed by atoms with Gasteiger partial charge < -0.3 is 5.73 Å². The molecule has 0 atom stereocenters. The van der Waals surface area contributed by atoms with Crippen LogP contribution in [0.2, 0.25) is 5.02 Å². The van der Waals surface area contributed by atoms with Crippen molar-refractivity contribution in [3.63, 3.8) is 0 Å². The molecule has 2 aromatic rings. The Morgan fingerprint density at radius 2 is 2.00 bits per heavy atom. The van der Waals surface area contributed by atoms with Crippen LogP contribution in [0.4, 0.5) is 19.0 Å². The molecule has 1 aromatic carbocycles. The smallest absolute Gasteiger partial charge is 0.381 e. The monoisotopic (exact) mass is 262 g/mol. The Kier molecular flexibility index (Phi) is 2.70. The molecule has 17 heavy (non-hydrogen) atoms. The van der Waals surface area contributed by atoms with Crippen molar-refractivity contribution in [1.82, 2.24) is 15.0 Å². The molecule has 2 rings (SSSR count). The Bertz CT molecular complexity index is 549. The highest BCUT2D eigenvalue weighted by atomic mass is 35.5. The van der Waals surface area contributed by atoms with E-state index in [4.69, 9.17) is 17.3 Å². The molecule has 0 fully saturated rings. The fourth-order valence-corrected chi connectivity index (χ4v) is 1.47. The Hall–Kier alpha value is -1.76. The molecule has 0 aliphatic rings. The van der Waals surface area contributed by atoms with Gasteiger partial charge in [-0.2, -0.15) is 18.3 Å². The number of benzene rings is 1. The molecule has 0 spiro atoms. The molecule has 8 heteroatoms. The van der Waals surface area contributed by atoms with Crippen molar-refractivity contribution < 1.29 is 13.2 Å². The number of rotatable bonds is 1. The summed E-state index contributed by atoms with van der Waals surface area (Å²) in [5.41, 5.74) is 4.16. The summed E-state index contributed by atoms with van der Waals surface area (Å²) in [6.45, 7) is 0. The second kappa shape index (κ2) is 3.92. The lowest BCUT2D eigenvalue weighted by Crippen LogP contribution is -2.12. The summed E-state index contributed by atoms with van der Waals surface area (Å²) in [5, 5.41) is 7.24. The lowest BCUT2D eigenvalue weighted by molar-refractivity contribution is -0.137. The van der Waals surface area contributed by atoms with E-state index >= 15 is 0 Å². The van der Waals surface area contributed by atoms with Crippen LogP contribution in [-0.2, 0) is 6.18 Å². The maximum atomic E-state index is 12.8. The number of nitrogens with zero attached hydrogens (tertiary/aromatic N) is 3. The number of hydrogen-bond acceptors (Lipinski definition) is 3. The van der Waals surface area contributed by atoms with Crippen molar-refractivity contribution in [2.24, 2.45) is 0 Å². The van der Waals surface area contributed by atoms with Gasteiger partial charge in [0.25, 0.3) is 0 Å². The number of alkyl halides is 3. The van der Waals surface area contributed by atoms with Crippen LogP contribution in [0.1, 0.15) is 5.56 Å². The molecule has 1 heterocycles. The summed E-state index contributed by atoms with van der Waals surface area (Å²) in [6.07, 6.45) is -3.38. The first kappa shape index (κ1) is 11.7. The summed E-state index contributed by atoms with van der Waals surface area (Å²) in [4.78, 5) is 0.814. The van der Waals surface area contributed by atoms with E-state index in [-0.39, 0.29) is 16.5 Å². The second-order valence-corrected chi connectivity index (χ2v) is 3.65. The first-order chi connectivity index (χ1) is 7.88. The topological polar surface area (TPSA) is 56.7 Å². The van der Waals surface area contributed by atoms with Gasteiger partial charge >= 0.3 is 6.18 Å². The summed E-state index contributed by atoms with van der Waals surface area (Å²) in [6, 6.07) is 3.33. The van der Waals surface area contributed by atoms with E-state index in [1.165, 1.54) is 12.1 Å². The normalized spacial score (nSPS) is 11.8. The van der Waals surface area contributed by atoms with Crippen LogP contribution in [-0.4, -0.2) is 15.0 Å². The average Bonchev–Trinajstić information content (AvgIpc) is 2.63. The quantitative estimate of drug-likeness (QED) is 0.859. The van der Waals surface area contributed by atoms with Gasteiger partial charge in [0.2, 0.25) is 0 Å². The van der Waals surface area contributed by atoms with Crippen LogP contribution < -0.4 is 5.73 Å². The van der Waals surface area contributed by atoms with Gasteiger partial charge in [-0.25, -0.2) is 0 Å². The molecule has 0 amide bonds. The molecular formula is C9H6ClF3N4. The molecular weight excluding hydrogens is 257 g/mol. The number of aromatic nitrogens is 3. The predicted octanol–water partition coefficient (Wildman–Crippen LogP) is 2.52. The van der Waals surface area contributed by atoms with Crippen molar-refractivity contribution in [2.45, 2.75) is 6.18 Å². The summed E-state index contributed by atoms with van der Waals surface area (Å²) >= 11 is 5.54. The van der Waals surface area contributed by atoms with Crippen LogP contribution in [0, 0.1) is 0 Å². The molecule has 0 saturated carbocycles. The minimum Gasteiger partial charge on any atom is -0.381 e. The molecule has 0 aliphatic heterocycles. The Morgan fingerprint density at radius 3 is 2.53 bits per heavy atom. The minimum absolute atomic E-state index is 0.0128. The Balaban J connectivity index is 2.61. The van der Waals surface area contributed by atoms with Gasteiger partial charge in [0.05, 0.1) is 17.4 Å². The lowest BCUT2D eigenvalue weighted by atomic mass is 10.2. The van der Waals surface area contributed by atoms with Crippen LogP contribution in [0.5, 0.6) is 0 Å². The minimum atomic E-state index is -4.54. The number of hydrogen-bond donors (Lipinski definition) is 1. The Labute approximate surface area is 98.8 Å². The van der Waals surface area contributed by atoms with Crippen molar-refractivity contribution in [2.75, 3.05) is 5.73 Å². The number of halogens is 4. The maximum Gasteiger partial charge on any atom is 0.418 e. The van der Waals surface area contributed by atoms with E-state index in [1.807, 2.05) is 0 Å². The Morgan fingerprint density at radius 1 is 1.29 bits per heavy atom. The number of nitrogens with two attached hydrogens (primary N) is 1. The van der Waals surface area contributed by atoms with Gasteiger partial charge in [-0.15, -0.1) is 9.90 Å². The van der Waals surface area contributed by atoms with Crippen LogP contribution >= 0.6 is 11.6 Å². The molecule has 90 valence electrons.